The van der Waals surface area contributed by atoms with Gasteiger partial charge in [0.15, 0.2) is 11.5 Å². The highest BCUT2D eigenvalue weighted by Crippen LogP contribution is 2.27. The number of piperidine rings is 1. The predicted octanol–water partition coefficient (Wildman–Crippen LogP) is 3.76. The van der Waals surface area contributed by atoms with E-state index in [2.05, 4.69) is 22.0 Å². The van der Waals surface area contributed by atoms with Crippen molar-refractivity contribution in [2.24, 2.45) is 0 Å². The van der Waals surface area contributed by atoms with Gasteiger partial charge in [-0.25, -0.2) is 9.50 Å². The first kappa shape index (κ1) is 16.2. The summed E-state index contributed by atoms with van der Waals surface area (Å²) in [7, 11) is 0. The van der Waals surface area contributed by atoms with E-state index < -0.39 is 0 Å². The van der Waals surface area contributed by atoms with Crippen molar-refractivity contribution < 1.29 is 4.42 Å². The lowest BCUT2D eigenvalue weighted by Crippen LogP contribution is -2.34. The average Bonchev–Trinajstić information content (AvgIpc) is 3.38. The Morgan fingerprint density at radius 2 is 2.15 bits per heavy atom. The molecule has 136 valence electrons. The molecule has 1 fully saturated rings. The van der Waals surface area contributed by atoms with Gasteiger partial charge in [-0.3, -0.25) is 9.88 Å². The van der Waals surface area contributed by atoms with Crippen molar-refractivity contribution in [3.05, 3.63) is 72.8 Å². The lowest BCUT2D eigenvalue weighted by atomic mass is 9.97. The van der Waals surface area contributed by atoms with E-state index in [4.69, 9.17) is 14.5 Å². The number of fused-ring (bicyclic) bond motifs is 1. The fourth-order valence-corrected chi connectivity index (χ4v) is 3.83. The van der Waals surface area contributed by atoms with Crippen molar-refractivity contribution in [2.75, 3.05) is 13.1 Å². The van der Waals surface area contributed by atoms with Gasteiger partial charge < -0.3 is 4.42 Å². The zero-order valence-corrected chi connectivity index (χ0v) is 15.0. The van der Waals surface area contributed by atoms with Crippen molar-refractivity contribution >= 4 is 5.65 Å². The zero-order chi connectivity index (χ0) is 18.1. The maximum Gasteiger partial charge on any atom is 0.156 e. The van der Waals surface area contributed by atoms with Gasteiger partial charge in [-0.1, -0.05) is 6.07 Å². The van der Waals surface area contributed by atoms with E-state index in [9.17, 15) is 0 Å². The van der Waals surface area contributed by atoms with Crippen LogP contribution in [0.15, 0.2) is 65.9 Å². The van der Waals surface area contributed by atoms with Crippen LogP contribution in [-0.4, -0.2) is 37.6 Å². The number of hydrogen-bond donors (Lipinski definition) is 0. The molecule has 6 nitrogen and oxygen atoms in total. The molecule has 5 heterocycles. The molecule has 1 aliphatic rings. The second kappa shape index (κ2) is 6.96. The fraction of sp³-hybridized carbons (Fsp3) is 0.286. The summed E-state index contributed by atoms with van der Waals surface area (Å²) in [5.41, 5.74) is 4.29. The van der Waals surface area contributed by atoms with Gasteiger partial charge in [-0.2, -0.15) is 5.10 Å². The first-order valence-corrected chi connectivity index (χ1v) is 9.35. The molecule has 0 N–H and O–H groups in total. The van der Waals surface area contributed by atoms with Crippen LogP contribution in [-0.2, 0) is 6.54 Å². The highest BCUT2D eigenvalue weighted by molar-refractivity contribution is 5.63. The van der Waals surface area contributed by atoms with Crippen LogP contribution in [0.2, 0.25) is 0 Å². The molecule has 6 heteroatoms. The third-order valence-electron chi connectivity index (χ3n) is 5.20. The Labute approximate surface area is 157 Å². The SMILES string of the molecule is c1cncc(-c2ccc3nc(C4CCCN(Cc5ccoc5)C4)nn3c2)c1. The van der Waals surface area contributed by atoms with E-state index in [1.54, 1.807) is 12.5 Å². The molecule has 5 rings (SSSR count). The van der Waals surface area contributed by atoms with E-state index in [1.165, 1.54) is 12.0 Å². The molecule has 0 saturated carbocycles. The molecule has 4 aromatic rings. The molecule has 0 aromatic carbocycles. The number of furan rings is 1. The van der Waals surface area contributed by atoms with E-state index in [-0.39, 0.29) is 0 Å². The molecule has 0 aliphatic carbocycles. The molecule has 0 spiro atoms. The molecule has 1 saturated heterocycles. The maximum atomic E-state index is 5.20. The summed E-state index contributed by atoms with van der Waals surface area (Å²) in [5, 5.41) is 4.79. The van der Waals surface area contributed by atoms with E-state index >= 15 is 0 Å². The van der Waals surface area contributed by atoms with Gasteiger partial charge in [0.2, 0.25) is 0 Å². The Balaban J connectivity index is 1.38. The molecule has 27 heavy (non-hydrogen) atoms. The Morgan fingerprint density at radius 1 is 1.15 bits per heavy atom. The minimum Gasteiger partial charge on any atom is -0.472 e. The number of pyridine rings is 2. The summed E-state index contributed by atoms with van der Waals surface area (Å²) >= 11 is 0. The molecule has 0 radical (unpaired) electrons. The third kappa shape index (κ3) is 3.36. The molecule has 1 atom stereocenters. The largest absolute Gasteiger partial charge is 0.472 e. The maximum absolute atomic E-state index is 5.20. The lowest BCUT2D eigenvalue weighted by Gasteiger charge is -2.30. The average molecular weight is 359 g/mol. The molecule has 0 amide bonds. The van der Waals surface area contributed by atoms with Crippen LogP contribution >= 0.6 is 0 Å². The van der Waals surface area contributed by atoms with Crippen molar-refractivity contribution in [1.29, 1.82) is 0 Å². The van der Waals surface area contributed by atoms with Crippen LogP contribution in [0.4, 0.5) is 0 Å². The monoisotopic (exact) mass is 359 g/mol. The van der Waals surface area contributed by atoms with Gasteiger partial charge in [0, 0.05) is 54.3 Å². The molecule has 0 bridgehead atoms. The van der Waals surface area contributed by atoms with Gasteiger partial charge in [0.1, 0.15) is 0 Å². The summed E-state index contributed by atoms with van der Waals surface area (Å²) in [6, 6.07) is 10.2. The number of hydrogen-bond acceptors (Lipinski definition) is 5. The first-order chi connectivity index (χ1) is 13.3. The number of aromatic nitrogens is 4. The zero-order valence-electron chi connectivity index (χ0n) is 15.0. The highest BCUT2D eigenvalue weighted by Gasteiger charge is 2.25. The Bertz CT molecular complexity index is 1030. The number of rotatable bonds is 4. The van der Waals surface area contributed by atoms with Crippen LogP contribution in [0, 0.1) is 0 Å². The van der Waals surface area contributed by atoms with Gasteiger partial charge in [0.25, 0.3) is 0 Å². The lowest BCUT2D eigenvalue weighted by molar-refractivity contribution is 0.196. The van der Waals surface area contributed by atoms with Crippen LogP contribution in [0.25, 0.3) is 16.8 Å². The van der Waals surface area contributed by atoms with E-state index in [0.717, 1.165) is 48.7 Å². The van der Waals surface area contributed by atoms with Crippen molar-refractivity contribution in [3.8, 4) is 11.1 Å². The summed E-state index contributed by atoms with van der Waals surface area (Å²) in [5.74, 6) is 1.31. The van der Waals surface area contributed by atoms with Crippen molar-refractivity contribution in [3.63, 3.8) is 0 Å². The minimum atomic E-state index is 0.368. The Hall–Kier alpha value is -2.99. The summed E-state index contributed by atoms with van der Waals surface area (Å²) in [4.78, 5) is 11.5. The minimum absolute atomic E-state index is 0.368. The summed E-state index contributed by atoms with van der Waals surface area (Å²) in [6.07, 6.45) is 11.6. The Morgan fingerprint density at radius 3 is 3.00 bits per heavy atom. The van der Waals surface area contributed by atoms with Gasteiger partial charge in [-0.05, 0) is 43.7 Å². The highest BCUT2D eigenvalue weighted by atomic mass is 16.3. The van der Waals surface area contributed by atoms with Gasteiger partial charge in [0.05, 0.1) is 12.5 Å². The van der Waals surface area contributed by atoms with Crippen LogP contribution in [0.3, 0.4) is 0 Å². The van der Waals surface area contributed by atoms with Crippen LogP contribution in [0.1, 0.15) is 30.1 Å². The van der Waals surface area contributed by atoms with Crippen molar-refractivity contribution in [1.82, 2.24) is 24.5 Å². The standard InChI is InChI=1S/C21H21N5O/c1-3-17(11-22-8-1)18-5-6-20-23-21(24-26(20)14-18)19-4-2-9-25(13-19)12-16-7-10-27-15-16/h1,3,5-8,10-11,14-15,19H,2,4,9,12-13H2. The van der Waals surface area contributed by atoms with E-state index in [0.29, 0.717) is 5.92 Å². The normalized spacial score (nSPS) is 18.1. The predicted molar refractivity (Wildman–Crippen MR) is 102 cm³/mol. The van der Waals surface area contributed by atoms with Crippen molar-refractivity contribution in [2.45, 2.75) is 25.3 Å². The molecule has 1 unspecified atom stereocenters. The van der Waals surface area contributed by atoms with Gasteiger partial charge >= 0.3 is 0 Å². The summed E-state index contributed by atoms with van der Waals surface area (Å²) in [6.45, 7) is 3.02. The second-order valence-corrected chi connectivity index (χ2v) is 7.14. The fourth-order valence-electron chi connectivity index (χ4n) is 3.83. The number of nitrogens with zero attached hydrogens (tertiary/aromatic N) is 5. The molecular formula is C21H21N5O. The van der Waals surface area contributed by atoms with Crippen LogP contribution < -0.4 is 0 Å². The third-order valence-corrected chi connectivity index (χ3v) is 5.20. The molecule has 1 aliphatic heterocycles. The smallest absolute Gasteiger partial charge is 0.156 e. The van der Waals surface area contributed by atoms with Crippen LogP contribution in [0.5, 0.6) is 0 Å². The van der Waals surface area contributed by atoms with Gasteiger partial charge in [-0.15, -0.1) is 0 Å². The summed E-state index contributed by atoms with van der Waals surface area (Å²) < 4.78 is 7.09. The first-order valence-electron chi connectivity index (χ1n) is 9.35. The Kier molecular flexibility index (Phi) is 4.18. The molecular weight excluding hydrogens is 338 g/mol. The quantitative estimate of drug-likeness (QED) is 0.555. The number of likely N-dealkylation sites (tertiary alicyclic amines) is 1. The molecule has 4 aromatic heterocycles. The second-order valence-electron chi connectivity index (χ2n) is 7.14. The topological polar surface area (TPSA) is 59.5 Å². The van der Waals surface area contributed by atoms with E-state index in [1.807, 2.05) is 41.4 Å².